The third kappa shape index (κ3) is 1.78. The van der Waals surface area contributed by atoms with Gasteiger partial charge >= 0.3 is 0 Å². The van der Waals surface area contributed by atoms with Crippen molar-refractivity contribution in [3.8, 4) is 0 Å². The molecule has 0 unspecified atom stereocenters. The summed E-state index contributed by atoms with van der Waals surface area (Å²) >= 11 is 0. The Morgan fingerprint density at radius 3 is 2.74 bits per heavy atom. The van der Waals surface area contributed by atoms with Gasteiger partial charge in [-0.25, -0.2) is 9.97 Å². The van der Waals surface area contributed by atoms with Crippen molar-refractivity contribution >= 4 is 11.7 Å². The summed E-state index contributed by atoms with van der Waals surface area (Å²) in [4.78, 5) is 23.1. The predicted molar refractivity (Wildman–Crippen MR) is 68.3 cm³/mol. The molecule has 2 aliphatic heterocycles. The SMILES string of the molecule is O=C1NCCc2c1nc(C1CC1)nc2N1CC(O)C1. The number of nitrogens with zero attached hydrogens (tertiary/aromatic N) is 3. The third-order valence-electron chi connectivity index (χ3n) is 3.98. The van der Waals surface area contributed by atoms with E-state index in [1.807, 2.05) is 0 Å². The number of β-amino-alcohol motifs (C(OH)–C–C–N with tert-alkyl or cyclic N) is 1. The molecular formula is C13H16N4O2. The predicted octanol–water partition coefficient (Wildman–Crippen LogP) is -0.179. The van der Waals surface area contributed by atoms with Gasteiger partial charge in [0.05, 0.1) is 6.10 Å². The molecule has 0 spiro atoms. The van der Waals surface area contributed by atoms with Crippen LogP contribution in [0.2, 0.25) is 0 Å². The van der Waals surface area contributed by atoms with Crippen LogP contribution < -0.4 is 10.2 Å². The molecule has 2 fully saturated rings. The van der Waals surface area contributed by atoms with E-state index in [0.29, 0.717) is 31.2 Å². The van der Waals surface area contributed by atoms with E-state index in [2.05, 4.69) is 20.2 Å². The zero-order valence-corrected chi connectivity index (χ0v) is 10.6. The molecule has 1 aliphatic carbocycles. The molecule has 1 aromatic heterocycles. The Morgan fingerprint density at radius 1 is 1.26 bits per heavy atom. The molecule has 0 bridgehead atoms. The fraction of sp³-hybridized carbons (Fsp3) is 0.615. The number of carbonyl (C=O) groups excluding carboxylic acids is 1. The average molecular weight is 260 g/mol. The Bertz CT molecular complexity index is 550. The molecule has 6 heteroatoms. The van der Waals surface area contributed by atoms with E-state index in [1.165, 1.54) is 0 Å². The van der Waals surface area contributed by atoms with Gasteiger partial charge in [-0.2, -0.15) is 0 Å². The minimum Gasteiger partial charge on any atom is -0.389 e. The summed E-state index contributed by atoms with van der Waals surface area (Å²) in [6.45, 7) is 1.85. The van der Waals surface area contributed by atoms with Crippen LogP contribution in [0.25, 0.3) is 0 Å². The Morgan fingerprint density at radius 2 is 2.05 bits per heavy atom. The van der Waals surface area contributed by atoms with Crippen molar-refractivity contribution in [1.29, 1.82) is 0 Å². The molecule has 3 aliphatic rings. The Hall–Kier alpha value is -1.69. The number of aliphatic hydroxyl groups excluding tert-OH is 1. The summed E-state index contributed by atoms with van der Waals surface area (Å²) in [5, 5.41) is 12.3. The summed E-state index contributed by atoms with van der Waals surface area (Å²) < 4.78 is 0. The van der Waals surface area contributed by atoms with Crippen molar-refractivity contribution in [2.24, 2.45) is 0 Å². The molecule has 0 atom stereocenters. The van der Waals surface area contributed by atoms with E-state index >= 15 is 0 Å². The number of hydrogen-bond acceptors (Lipinski definition) is 5. The van der Waals surface area contributed by atoms with E-state index < -0.39 is 0 Å². The zero-order valence-electron chi connectivity index (χ0n) is 10.6. The molecule has 2 N–H and O–H groups in total. The lowest BCUT2D eigenvalue weighted by molar-refractivity contribution is 0.0939. The highest BCUT2D eigenvalue weighted by Crippen LogP contribution is 2.40. The lowest BCUT2D eigenvalue weighted by atomic mass is 10.0. The van der Waals surface area contributed by atoms with Crippen LogP contribution in [-0.4, -0.2) is 46.7 Å². The molecule has 1 amide bonds. The highest BCUT2D eigenvalue weighted by Gasteiger charge is 2.35. The molecule has 0 aromatic carbocycles. The van der Waals surface area contributed by atoms with Crippen molar-refractivity contribution in [3.63, 3.8) is 0 Å². The molecule has 1 saturated carbocycles. The first kappa shape index (κ1) is 11.2. The number of fused-ring (bicyclic) bond motifs is 1. The fourth-order valence-electron chi connectivity index (χ4n) is 2.71. The summed E-state index contributed by atoms with van der Waals surface area (Å²) in [6, 6.07) is 0. The molecule has 1 aromatic rings. The number of aromatic nitrogens is 2. The van der Waals surface area contributed by atoms with Gasteiger partial charge in [-0.1, -0.05) is 0 Å². The van der Waals surface area contributed by atoms with Crippen LogP contribution in [0.15, 0.2) is 0 Å². The van der Waals surface area contributed by atoms with Gasteiger partial charge in [0.15, 0.2) is 0 Å². The van der Waals surface area contributed by atoms with Crippen LogP contribution in [0.4, 0.5) is 5.82 Å². The van der Waals surface area contributed by atoms with E-state index in [1.54, 1.807) is 0 Å². The highest BCUT2D eigenvalue weighted by atomic mass is 16.3. The molecule has 6 nitrogen and oxygen atoms in total. The number of nitrogens with one attached hydrogen (secondary N) is 1. The van der Waals surface area contributed by atoms with Gasteiger partial charge in [-0.05, 0) is 19.3 Å². The minimum absolute atomic E-state index is 0.0899. The molecule has 3 heterocycles. The Balaban J connectivity index is 1.80. The van der Waals surface area contributed by atoms with Crippen molar-refractivity contribution in [2.45, 2.75) is 31.3 Å². The summed E-state index contributed by atoms with van der Waals surface area (Å²) in [5.41, 5.74) is 1.49. The lowest BCUT2D eigenvalue weighted by Gasteiger charge is -2.38. The highest BCUT2D eigenvalue weighted by molar-refractivity contribution is 5.96. The second-order valence-corrected chi connectivity index (χ2v) is 5.57. The summed E-state index contributed by atoms with van der Waals surface area (Å²) in [5.74, 6) is 2.00. The lowest BCUT2D eigenvalue weighted by Crippen LogP contribution is -2.52. The van der Waals surface area contributed by atoms with Crippen LogP contribution in [0, 0.1) is 0 Å². The summed E-state index contributed by atoms with van der Waals surface area (Å²) in [6.07, 6.45) is 2.73. The molecule has 0 radical (unpaired) electrons. The second-order valence-electron chi connectivity index (χ2n) is 5.57. The third-order valence-corrected chi connectivity index (χ3v) is 3.98. The van der Waals surface area contributed by atoms with Gasteiger partial charge in [0.25, 0.3) is 5.91 Å². The fourth-order valence-corrected chi connectivity index (χ4v) is 2.71. The standard InChI is InChI=1S/C13H16N4O2/c18-8-5-17(6-8)12-9-3-4-14-13(19)10(9)15-11(16-12)7-1-2-7/h7-8,18H,1-6H2,(H,14,19). The number of amides is 1. The molecule has 1 saturated heterocycles. The van der Waals surface area contributed by atoms with Crippen LogP contribution in [0.1, 0.15) is 40.6 Å². The van der Waals surface area contributed by atoms with E-state index in [0.717, 1.165) is 36.5 Å². The van der Waals surface area contributed by atoms with Crippen molar-refractivity contribution in [3.05, 3.63) is 17.1 Å². The Kier molecular flexibility index (Phi) is 2.29. The summed E-state index contributed by atoms with van der Waals surface area (Å²) in [7, 11) is 0. The van der Waals surface area contributed by atoms with E-state index in [4.69, 9.17) is 0 Å². The number of anilines is 1. The van der Waals surface area contributed by atoms with Crippen LogP contribution in [-0.2, 0) is 6.42 Å². The normalized spacial score (nSPS) is 22.8. The van der Waals surface area contributed by atoms with Crippen molar-refractivity contribution in [2.75, 3.05) is 24.5 Å². The maximum atomic E-state index is 12.0. The van der Waals surface area contributed by atoms with Crippen LogP contribution in [0.3, 0.4) is 0 Å². The van der Waals surface area contributed by atoms with Gasteiger partial charge < -0.3 is 15.3 Å². The first-order valence-electron chi connectivity index (χ1n) is 6.84. The Labute approximate surface area is 110 Å². The van der Waals surface area contributed by atoms with Crippen molar-refractivity contribution in [1.82, 2.24) is 15.3 Å². The molecule has 19 heavy (non-hydrogen) atoms. The quantitative estimate of drug-likeness (QED) is 0.771. The maximum absolute atomic E-state index is 12.0. The second kappa shape index (κ2) is 3.90. The van der Waals surface area contributed by atoms with E-state index in [-0.39, 0.29) is 12.0 Å². The van der Waals surface area contributed by atoms with Gasteiger partial charge in [0, 0.05) is 31.1 Å². The average Bonchev–Trinajstić information content (AvgIpc) is 3.19. The largest absolute Gasteiger partial charge is 0.389 e. The van der Waals surface area contributed by atoms with Gasteiger partial charge in [-0.3, -0.25) is 4.79 Å². The van der Waals surface area contributed by atoms with Gasteiger partial charge in [-0.15, -0.1) is 0 Å². The molecule has 100 valence electrons. The number of rotatable bonds is 2. The van der Waals surface area contributed by atoms with Crippen molar-refractivity contribution < 1.29 is 9.90 Å². The monoisotopic (exact) mass is 260 g/mol. The van der Waals surface area contributed by atoms with Crippen LogP contribution in [0.5, 0.6) is 0 Å². The topological polar surface area (TPSA) is 78.4 Å². The van der Waals surface area contributed by atoms with E-state index in [9.17, 15) is 9.90 Å². The zero-order chi connectivity index (χ0) is 13.0. The first-order chi connectivity index (χ1) is 9.22. The minimum atomic E-state index is -0.271. The first-order valence-corrected chi connectivity index (χ1v) is 6.84. The number of carbonyl (C=O) groups is 1. The number of aliphatic hydroxyl groups is 1. The van der Waals surface area contributed by atoms with Gasteiger partial charge in [0.2, 0.25) is 0 Å². The van der Waals surface area contributed by atoms with Gasteiger partial charge in [0.1, 0.15) is 17.3 Å². The number of hydrogen-bond donors (Lipinski definition) is 2. The van der Waals surface area contributed by atoms with Crippen LogP contribution >= 0.6 is 0 Å². The molecule has 4 rings (SSSR count). The maximum Gasteiger partial charge on any atom is 0.270 e. The molecular weight excluding hydrogens is 244 g/mol. The smallest absolute Gasteiger partial charge is 0.270 e.